The van der Waals surface area contributed by atoms with Crippen LogP contribution < -0.4 is 0 Å². The van der Waals surface area contributed by atoms with Crippen molar-refractivity contribution in [3.63, 3.8) is 0 Å². The third-order valence-corrected chi connectivity index (χ3v) is 3.02. The van der Waals surface area contributed by atoms with Gasteiger partial charge < -0.3 is 0 Å². The van der Waals surface area contributed by atoms with Gasteiger partial charge in [0.1, 0.15) is 0 Å². The maximum absolute atomic E-state index is 3.76. The summed E-state index contributed by atoms with van der Waals surface area (Å²) in [5.41, 5.74) is 0. The Hall–Kier alpha value is -0.300. The van der Waals surface area contributed by atoms with Crippen LogP contribution in [0.1, 0.15) is 39.5 Å². The Labute approximate surface area is 76.5 Å². The maximum Gasteiger partial charge on any atom is 0.0116 e. The molecule has 1 fully saturated rings. The molecule has 0 bridgehead atoms. The zero-order valence-corrected chi connectivity index (χ0v) is 8.42. The van der Waals surface area contributed by atoms with Crippen molar-refractivity contribution in [2.75, 3.05) is 6.54 Å². The van der Waals surface area contributed by atoms with Gasteiger partial charge in [-0.25, -0.2) is 0 Å². The van der Waals surface area contributed by atoms with Crippen LogP contribution in [0.15, 0.2) is 12.7 Å². The van der Waals surface area contributed by atoms with Crippen LogP contribution in [-0.4, -0.2) is 23.5 Å². The molecule has 1 rings (SSSR count). The van der Waals surface area contributed by atoms with Crippen LogP contribution in [0.2, 0.25) is 0 Å². The molecule has 2 atom stereocenters. The van der Waals surface area contributed by atoms with E-state index < -0.39 is 0 Å². The molecule has 0 radical (unpaired) electrons. The average molecular weight is 167 g/mol. The van der Waals surface area contributed by atoms with Gasteiger partial charge in [-0.1, -0.05) is 19.9 Å². The molecule has 1 aliphatic heterocycles. The number of likely N-dealkylation sites (tertiary alicyclic amines) is 1. The van der Waals surface area contributed by atoms with E-state index >= 15 is 0 Å². The summed E-state index contributed by atoms with van der Waals surface area (Å²) in [4.78, 5) is 2.63. The van der Waals surface area contributed by atoms with Crippen molar-refractivity contribution in [1.29, 1.82) is 0 Å². The fourth-order valence-electron chi connectivity index (χ4n) is 2.26. The van der Waals surface area contributed by atoms with Crippen molar-refractivity contribution in [3.8, 4) is 0 Å². The molecule has 0 saturated carbocycles. The number of nitrogens with zero attached hydrogens (tertiary/aromatic N) is 1. The van der Waals surface area contributed by atoms with E-state index in [2.05, 4.69) is 25.3 Å². The molecule has 2 unspecified atom stereocenters. The first-order valence-corrected chi connectivity index (χ1v) is 5.20. The van der Waals surface area contributed by atoms with Crippen molar-refractivity contribution in [2.45, 2.75) is 51.6 Å². The van der Waals surface area contributed by atoms with E-state index in [4.69, 9.17) is 0 Å². The van der Waals surface area contributed by atoms with Gasteiger partial charge in [0.15, 0.2) is 0 Å². The monoisotopic (exact) mass is 167 g/mol. The highest BCUT2D eigenvalue weighted by Gasteiger charge is 2.34. The first-order chi connectivity index (χ1) is 5.83. The van der Waals surface area contributed by atoms with E-state index in [0.29, 0.717) is 0 Å². The van der Waals surface area contributed by atoms with E-state index in [1.165, 1.54) is 32.2 Å². The minimum atomic E-state index is 0.859. The lowest BCUT2D eigenvalue weighted by Gasteiger charge is -2.48. The summed E-state index contributed by atoms with van der Waals surface area (Å²) in [5, 5.41) is 0. The third-order valence-electron chi connectivity index (χ3n) is 3.02. The van der Waals surface area contributed by atoms with Gasteiger partial charge in [0.05, 0.1) is 0 Å². The van der Waals surface area contributed by atoms with Crippen molar-refractivity contribution in [2.24, 2.45) is 0 Å². The standard InChI is InChI=1S/C11H21N/c1-4-7-8-11-9-10(5-2)12(11)6-3/h4,10-11H,1,5-9H2,2-3H3. The SMILES string of the molecule is C=CCCC1CC(CC)N1CC. The van der Waals surface area contributed by atoms with Crippen LogP contribution >= 0.6 is 0 Å². The molecule has 70 valence electrons. The smallest absolute Gasteiger partial charge is 0.0116 e. The largest absolute Gasteiger partial charge is 0.298 e. The third kappa shape index (κ3) is 1.89. The molecule has 12 heavy (non-hydrogen) atoms. The summed E-state index contributed by atoms with van der Waals surface area (Å²) in [7, 11) is 0. The molecule has 0 aliphatic carbocycles. The molecule has 0 N–H and O–H groups in total. The minimum absolute atomic E-state index is 0.859. The summed E-state index contributed by atoms with van der Waals surface area (Å²) >= 11 is 0. The topological polar surface area (TPSA) is 3.24 Å². The summed E-state index contributed by atoms with van der Waals surface area (Å²) in [6.45, 7) is 9.54. The van der Waals surface area contributed by atoms with E-state index in [0.717, 1.165) is 12.1 Å². The summed E-state index contributed by atoms with van der Waals surface area (Å²) in [6.07, 6.45) is 7.26. The Kier molecular flexibility index (Phi) is 3.80. The molecule has 1 aliphatic rings. The van der Waals surface area contributed by atoms with Gasteiger partial charge in [-0.05, 0) is 32.2 Å². The fraction of sp³-hybridized carbons (Fsp3) is 0.818. The molecular formula is C11H21N. The molecular weight excluding hydrogens is 146 g/mol. The van der Waals surface area contributed by atoms with Crippen LogP contribution in [0.5, 0.6) is 0 Å². The predicted molar refractivity (Wildman–Crippen MR) is 54.3 cm³/mol. The highest BCUT2D eigenvalue weighted by Crippen LogP contribution is 2.30. The second-order valence-corrected chi connectivity index (χ2v) is 3.65. The van der Waals surface area contributed by atoms with Crippen LogP contribution in [-0.2, 0) is 0 Å². The molecule has 0 aromatic carbocycles. The van der Waals surface area contributed by atoms with E-state index in [1.807, 2.05) is 6.08 Å². The van der Waals surface area contributed by atoms with Crippen LogP contribution in [0.25, 0.3) is 0 Å². The van der Waals surface area contributed by atoms with Crippen molar-refractivity contribution in [1.82, 2.24) is 4.90 Å². The second-order valence-electron chi connectivity index (χ2n) is 3.65. The molecule has 1 nitrogen and oxygen atoms in total. The van der Waals surface area contributed by atoms with Gasteiger partial charge >= 0.3 is 0 Å². The highest BCUT2D eigenvalue weighted by atomic mass is 15.2. The minimum Gasteiger partial charge on any atom is -0.298 e. The van der Waals surface area contributed by atoms with Gasteiger partial charge in [-0.15, -0.1) is 6.58 Å². The normalized spacial score (nSPS) is 29.8. The Bertz CT molecular complexity index is 142. The van der Waals surface area contributed by atoms with E-state index in [-0.39, 0.29) is 0 Å². The quantitative estimate of drug-likeness (QED) is 0.569. The predicted octanol–water partition coefficient (Wildman–Crippen LogP) is 2.83. The Balaban J connectivity index is 2.25. The molecule has 0 spiro atoms. The average Bonchev–Trinajstić information content (AvgIpc) is 2.04. The Morgan fingerprint density at radius 1 is 1.42 bits per heavy atom. The van der Waals surface area contributed by atoms with Gasteiger partial charge in [0.2, 0.25) is 0 Å². The number of allylic oxidation sites excluding steroid dienone is 1. The zero-order chi connectivity index (χ0) is 8.97. The zero-order valence-electron chi connectivity index (χ0n) is 8.42. The number of hydrogen-bond donors (Lipinski definition) is 0. The van der Waals surface area contributed by atoms with Crippen LogP contribution in [0.3, 0.4) is 0 Å². The lowest BCUT2D eigenvalue weighted by Crippen LogP contribution is -2.55. The number of rotatable bonds is 5. The summed E-state index contributed by atoms with van der Waals surface area (Å²) in [5.74, 6) is 0. The molecule has 0 aromatic heterocycles. The molecule has 0 aromatic rings. The van der Waals surface area contributed by atoms with Crippen molar-refractivity contribution >= 4 is 0 Å². The Morgan fingerprint density at radius 3 is 2.67 bits per heavy atom. The van der Waals surface area contributed by atoms with Gasteiger partial charge in [0.25, 0.3) is 0 Å². The lowest BCUT2D eigenvalue weighted by atomic mass is 9.88. The number of hydrogen-bond acceptors (Lipinski definition) is 1. The molecule has 1 heteroatoms. The van der Waals surface area contributed by atoms with Gasteiger partial charge in [-0.3, -0.25) is 4.90 Å². The van der Waals surface area contributed by atoms with Gasteiger partial charge in [-0.2, -0.15) is 0 Å². The van der Waals surface area contributed by atoms with Crippen LogP contribution in [0, 0.1) is 0 Å². The maximum atomic E-state index is 3.76. The highest BCUT2D eigenvalue weighted by molar-refractivity contribution is 4.91. The lowest BCUT2D eigenvalue weighted by molar-refractivity contribution is 0.0141. The van der Waals surface area contributed by atoms with Crippen LogP contribution in [0.4, 0.5) is 0 Å². The fourth-order valence-corrected chi connectivity index (χ4v) is 2.26. The first kappa shape index (κ1) is 9.79. The second kappa shape index (κ2) is 4.66. The Morgan fingerprint density at radius 2 is 2.17 bits per heavy atom. The first-order valence-electron chi connectivity index (χ1n) is 5.20. The van der Waals surface area contributed by atoms with Crippen molar-refractivity contribution < 1.29 is 0 Å². The van der Waals surface area contributed by atoms with E-state index in [9.17, 15) is 0 Å². The summed E-state index contributed by atoms with van der Waals surface area (Å²) < 4.78 is 0. The van der Waals surface area contributed by atoms with E-state index in [1.54, 1.807) is 0 Å². The van der Waals surface area contributed by atoms with Gasteiger partial charge in [0, 0.05) is 12.1 Å². The summed E-state index contributed by atoms with van der Waals surface area (Å²) in [6, 6.07) is 1.74. The molecule has 1 saturated heterocycles. The molecule has 0 amide bonds. The van der Waals surface area contributed by atoms with Crippen molar-refractivity contribution in [3.05, 3.63) is 12.7 Å². The molecule has 1 heterocycles.